The molecule has 1 rings (SSSR count). The van der Waals surface area contributed by atoms with E-state index in [-0.39, 0.29) is 6.42 Å². The zero-order valence-electron chi connectivity index (χ0n) is 14.8. The van der Waals surface area contributed by atoms with Crippen LogP contribution in [0.15, 0.2) is 12.2 Å². The molecule has 0 radical (unpaired) electrons. The Morgan fingerprint density at radius 1 is 1.22 bits per heavy atom. The summed E-state index contributed by atoms with van der Waals surface area (Å²) in [6, 6.07) is 0. The maximum atomic E-state index is 10.6. The van der Waals surface area contributed by atoms with Gasteiger partial charge in [0.2, 0.25) is 0 Å². The molecule has 3 heteroatoms. The third-order valence-corrected chi connectivity index (χ3v) is 6.00. The molecule has 2 nitrogen and oxygen atoms in total. The highest BCUT2D eigenvalue weighted by Gasteiger charge is 2.24. The standard InChI is InChI=1S/C20H35BrO2/c1-2-3-4-5-6-7-10-17-11-8-12-18(17)13-9-14-19(21)15-16-20(22)23/h7,10,17-19H,2-6,8-9,11-16H2,1H3,(H,22,23)/t17-,18+,19?/m0/s1. The van der Waals surface area contributed by atoms with E-state index in [0.717, 1.165) is 24.7 Å². The fraction of sp³-hybridized carbons (Fsp3) is 0.850. The quantitative estimate of drug-likeness (QED) is 0.216. The summed E-state index contributed by atoms with van der Waals surface area (Å²) in [6.45, 7) is 2.26. The molecule has 0 saturated heterocycles. The number of unbranched alkanes of at least 4 members (excludes halogenated alkanes) is 4. The van der Waals surface area contributed by atoms with Gasteiger partial charge in [-0.3, -0.25) is 4.79 Å². The van der Waals surface area contributed by atoms with Gasteiger partial charge in [-0.05, 0) is 56.8 Å². The molecule has 0 amide bonds. The number of aliphatic carboxylic acids is 1. The first-order chi connectivity index (χ1) is 11.1. The molecule has 1 unspecified atom stereocenters. The minimum atomic E-state index is -0.686. The first-order valence-electron chi connectivity index (χ1n) is 9.66. The molecular weight excluding hydrogens is 352 g/mol. The highest BCUT2D eigenvalue weighted by Crippen LogP contribution is 2.36. The fourth-order valence-electron chi connectivity index (χ4n) is 3.66. The second kappa shape index (κ2) is 13.0. The van der Waals surface area contributed by atoms with Crippen LogP contribution in [-0.4, -0.2) is 15.9 Å². The second-order valence-corrected chi connectivity index (χ2v) is 8.39. The van der Waals surface area contributed by atoms with E-state index in [4.69, 9.17) is 5.11 Å². The first kappa shape index (κ1) is 20.7. The maximum absolute atomic E-state index is 10.6. The van der Waals surface area contributed by atoms with Crippen LogP contribution in [0.25, 0.3) is 0 Å². The lowest BCUT2D eigenvalue weighted by atomic mass is 9.90. The van der Waals surface area contributed by atoms with Crippen LogP contribution in [0, 0.1) is 11.8 Å². The average molecular weight is 387 g/mol. The van der Waals surface area contributed by atoms with Gasteiger partial charge in [-0.1, -0.05) is 67.1 Å². The highest BCUT2D eigenvalue weighted by molar-refractivity contribution is 9.09. The number of halogens is 1. The summed E-state index contributed by atoms with van der Waals surface area (Å²) >= 11 is 3.63. The van der Waals surface area contributed by atoms with E-state index in [1.54, 1.807) is 0 Å². The SMILES string of the molecule is CCCCCCC=C[C@H]1CCC[C@@H]1CCCC(Br)CCC(=O)O. The molecular formula is C20H35BrO2. The van der Waals surface area contributed by atoms with Gasteiger partial charge in [-0.2, -0.15) is 0 Å². The summed E-state index contributed by atoms with van der Waals surface area (Å²) in [7, 11) is 0. The molecule has 23 heavy (non-hydrogen) atoms. The molecule has 0 aromatic rings. The van der Waals surface area contributed by atoms with Crippen LogP contribution in [-0.2, 0) is 4.79 Å². The van der Waals surface area contributed by atoms with E-state index in [0.29, 0.717) is 4.83 Å². The lowest BCUT2D eigenvalue weighted by molar-refractivity contribution is -0.137. The normalized spacial score (nSPS) is 22.7. The van der Waals surface area contributed by atoms with Gasteiger partial charge in [0.25, 0.3) is 0 Å². The van der Waals surface area contributed by atoms with Gasteiger partial charge in [0.1, 0.15) is 0 Å². The topological polar surface area (TPSA) is 37.3 Å². The zero-order chi connectivity index (χ0) is 16.9. The molecule has 1 aliphatic rings. The molecule has 0 aromatic heterocycles. The van der Waals surface area contributed by atoms with E-state index in [2.05, 4.69) is 35.0 Å². The van der Waals surface area contributed by atoms with Crippen molar-refractivity contribution in [2.24, 2.45) is 11.8 Å². The van der Waals surface area contributed by atoms with E-state index in [9.17, 15) is 4.79 Å². The van der Waals surface area contributed by atoms with E-state index >= 15 is 0 Å². The lowest BCUT2D eigenvalue weighted by Crippen LogP contribution is -2.08. The summed E-state index contributed by atoms with van der Waals surface area (Å²) < 4.78 is 0. The number of carboxylic acids is 1. The van der Waals surface area contributed by atoms with Crippen molar-refractivity contribution in [3.05, 3.63) is 12.2 Å². The third-order valence-electron chi connectivity index (χ3n) is 5.09. The van der Waals surface area contributed by atoms with Gasteiger partial charge in [0.05, 0.1) is 0 Å². The molecule has 0 heterocycles. The van der Waals surface area contributed by atoms with Crippen molar-refractivity contribution in [2.75, 3.05) is 0 Å². The van der Waals surface area contributed by atoms with Crippen LogP contribution in [0.1, 0.15) is 90.4 Å². The summed E-state index contributed by atoms with van der Waals surface area (Å²) in [6.07, 6.45) is 20.4. The monoisotopic (exact) mass is 386 g/mol. The zero-order valence-corrected chi connectivity index (χ0v) is 16.4. The van der Waals surface area contributed by atoms with Crippen molar-refractivity contribution in [1.29, 1.82) is 0 Å². The van der Waals surface area contributed by atoms with Crippen molar-refractivity contribution in [1.82, 2.24) is 0 Å². The van der Waals surface area contributed by atoms with Gasteiger partial charge in [-0.15, -0.1) is 0 Å². The fourth-order valence-corrected chi connectivity index (χ4v) is 4.22. The number of hydrogen-bond acceptors (Lipinski definition) is 1. The number of carboxylic acid groups (broad SMARTS) is 1. The Morgan fingerprint density at radius 3 is 2.78 bits per heavy atom. The van der Waals surface area contributed by atoms with Crippen LogP contribution in [0.2, 0.25) is 0 Å². The molecule has 1 fully saturated rings. The Hall–Kier alpha value is -0.310. The van der Waals surface area contributed by atoms with Crippen molar-refractivity contribution in [3.63, 3.8) is 0 Å². The highest BCUT2D eigenvalue weighted by atomic mass is 79.9. The smallest absolute Gasteiger partial charge is 0.303 e. The summed E-state index contributed by atoms with van der Waals surface area (Å²) in [5.41, 5.74) is 0. The number of allylic oxidation sites excluding steroid dienone is 2. The average Bonchev–Trinajstić information content (AvgIpc) is 2.96. The minimum Gasteiger partial charge on any atom is -0.481 e. The largest absolute Gasteiger partial charge is 0.481 e. The Balaban J connectivity index is 2.14. The predicted octanol–water partition coefficient (Wildman–Crippen LogP) is 6.73. The number of rotatable bonds is 13. The molecule has 0 spiro atoms. The van der Waals surface area contributed by atoms with Gasteiger partial charge in [-0.25, -0.2) is 0 Å². The molecule has 0 aromatic carbocycles. The summed E-state index contributed by atoms with van der Waals surface area (Å²) in [4.78, 5) is 11.0. The Bertz CT molecular complexity index is 341. The molecule has 0 bridgehead atoms. The Kier molecular flexibility index (Phi) is 11.8. The van der Waals surface area contributed by atoms with Crippen LogP contribution in [0.3, 0.4) is 0 Å². The van der Waals surface area contributed by atoms with Gasteiger partial charge in [0.15, 0.2) is 0 Å². The number of hydrogen-bond donors (Lipinski definition) is 1. The van der Waals surface area contributed by atoms with Crippen molar-refractivity contribution in [2.45, 2.75) is 95.2 Å². The second-order valence-electron chi connectivity index (χ2n) is 7.09. The summed E-state index contributed by atoms with van der Waals surface area (Å²) in [5, 5.41) is 8.72. The van der Waals surface area contributed by atoms with Crippen LogP contribution in [0.4, 0.5) is 0 Å². The molecule has 1 aliphatic carbocycles. The van der Waals surface area contributed by atoms with E-state index in [1.807, 2.05) is 0 Å². The van der Waals surface area contributed by atoms with Crippen LogP contribution in [0.5, 0.6) is 0 Å². The van der Waals surface area contributed by atoms with E-state index < -0.39 is 5.97 Å². The molecule has 1 saturated carbocycles. The van der Waals surface area contributed by atoms with Crippen molar-refractivity contribution in [3.8, 4) is 0 Å². The van der Waals surface area contributed by atoms with Gasteiger partial charge < -0.3 is 5.11 Å². The van der Waals surface area contributed by atoms with Crippen molar-refractivity contribution >= 4 is 21.9 Å². The van der Waals surface area contributed by atoms with Crippen LogP contribution < -0.4 is 0 Å². The predicted molar refractivity (Wildman–Crippen MR) is 102 cm³/mol. The molecule has 134 valence electrons. The lowest BCUT2D eigenvalue weighted by Gasteiger charge is -2.17. The third kappa shape index (κ3) is 10.2. The minimum absolute atomic E-state index is 0.280. The summed E-state index contributed by atoms with van der Waals surface area (Å²) in [5.74, 6) is 0.976. The molecule has 1 N–H and O–H groups in total. The molecule has 0 aliphatic heterocycles. The first-order valence-corrected chi connectivity index (χ1v) is 10.6. The van der Waals surface area contributed by atoms with E-state index in [1.165, 1.54) is 64.2 Å². The molecule has 3 atom stereocenters. The Labute approximate surface area is 151 Å². The Morgan fingerprint density at radius 2 is 2.04 bits per heavy atom. The van der Waals surface area contributed by atoms with Crippen molar-refractivity contribution < 1.29 is 9.90 Å². The number of alkyl halides is 1. The van der Waals surface area contributed by atoms with Gasteiger partial charge >= 0.3 is 5.97 Å². The van der Waals surface area contributed by atoms with Gasteiger partial charge in [0, 0.05) is 11.2 Å². The van der Waals surface area contributed by atoms with Crippen LogP contribution >= 0.6 is 15.9 Å². The number of carbonyl (C=O) groups is 1. The maximum Gasteiger partial charge on any atom is 0.303 e.